The highest BCUT2D eigenvalue weighted by molar-refractivity contribution is 5.98. The second-order valence-electron chi connectivity index (χ2n) is 4.12. The number of phenolic OH excluding ortho intramolecular Hbond substituents is 1. The van der Waals surface area contributed by atoms with Crippen LogP contribution in [0, 0.1) is 0 Å². The molecule has 0 unspecified atom stereocenters. The van der Waals surface area contributed by atoms with E-state index in [2.05, 4.69) is 6.58 Å². The molecule has 1 heterocycles. The molecular weight excluding hydrogens is 232 g/mol. The Morgan fingerprint density at radius 3 is 2.78 bits per heavy atom. The van der Waals surface area contributed by atoms with Gasteiger partial charge in [0.15, 0.2) is 0 Å². The zero-order valence-corrected chi connectivity index (χ0v) is 10.6. The summed E-state index contributed by atoms with van der Waals surface area (Å²) in [5.74, 6) is 0.124. The average molecular weight is 248 g/mol. The maximum Gasteiger partial charge on any atom is 0.342 e. The van der Waals surface area contributed by atoms with Gasteiger partial charge in [0, 0.05) is 16.7 Å². The molecule has 18 heavy (non-hydrogen) atoms. The number of benzene rings is 1. The molecule has 0 radical (unpaired) electrons. The zero-order chi connectivity index (χ0) is 13.3. The fraction of sp³-hybridized carbons (Fsp3) is 0.357. The number of hydrogen-bond donors (Lipinski definition) is 1. The number of carbonyl (C=O) groups excluding carboxylic acids is 1. The molecule has 1 aromatic rings. The van der Waals surface area contributed by atoms with E-state index in [0.717, 1.165) is 11.1 Å². The van der Waals surface area contributed by atoms with Gasteiger partial charge in [-0.25, -0.2) is 4.79 Å². The lowest BCUT2D eigenvalue weighted by Gasteiger charge is -2.16. The molecule has 0 amide bonds. The smallest absolute Gasteiger partial charge is 0.342 e. The molecule has 4 nitrogen and oxygen atoms in total. The Labute approximate surface area is 106 Å². The maximum absolute atomic E-state index is 11.7. The highest BCUT2D eigenvalue weighted by Gasteiger charge is 2.32. The van der Waals surface area contributed by atoms with Crippen LogP contribution in [-0.2, 0) is 24.2 Å². The first kappa shape index (κ1) is 12.5. The van der Waals surface area contributed by atoms with Crippen LogP contribution in [0.4, 0.5) is 0 Å². The van der Waals surface area contributed by atoms with Gasteiger partial charge in [0.25, 0.3) is 0 Å². The van der Waals surface area contributed by atoms with Gasteiger partial charge in [0.05, 0.1) is 7.11 Å². The van der Waals surface area contributed by atoms with Crippen molar-refractivity contribution in [3.05, 3.63) is 34.9 Å². The highest BCUT2D eigenvalue weighted by Crippen LogP contribution is 2.42. The van der Waals surface area contributed by atoms with Gasteiger partial charge in [-0.1, -0.05) is 13.0 Å². The molecule has 0 bridgehead atoms. The summed E-state index contributed by atoms with van der Waals surface area (Å²) >= 11 is 0. The van der Waals surface area contributed by atoms with Crippen LogP contribution in [0.3, 0.4) is 0 Å². The third kappa shape index (κ3) is 1.65. The topological polar surface area (TPSA) is 55.8 Å². The molecule has 0 aromatic heterocycles. The maximum atomic E-state index is 11.7. The Balaban J connectivity index is 2.78. The average Bonchev–Trinajstić information content (AvgIpc) is 2.74. The molecule has 0 spiro atoms. The summed E-state index contributed by atoms with van der Waals surface area (Å²) in [6, 6.07) is 0. The number of esters is 1. The van der Waals surface area contributed by atoms with Crippen molar-refractivity contribution in [3.8, 4) is 11.5 Å². The summed E-state index contributed by atoms with van der Waals surface area (Å²) in [7, 11) is 1.56. The number of carbonyl (C=O) groups is 1. The molecule has 0 fully saturated rings. The van der Waals surface area contributed by atoms with Gasteiger partial charge in [-0.3, -0.25) is 0 Å². The van der Waals surface area contributed by atoms with Crippen molar-refractivity contribution in [2.24, 2.45) is 0 Å². The van der Waals surface area contributed by atoms with Crippen LogP contribution in [-0.4, -0.2) is 18.2 Å². The van der Waals surface area contributed by atoms with E-state index in [0.29, 0.717) is 24.2 Å². The number of allylic oxidation sites excluding steroid dienone is 1. The van der Waals surface area contributed by atoms with Crippen LogP contribution in [0.1, 0.15) is 34.0 Å². The molecular formula is C14H16O4. The summed E-state index contributed by atoms with van der Waals surface area (Å²) in [5.41, 5.74) is 2.55. The second kappa shape index (κ2) is 4.72. The normalized spacial score (nSPS) is 13.1. The number of methoxy groups -OCH3 is 1. The van der Waals surface area contributed by atoms with Gasteiger partial charge in [-0.15, -0.1) is 6.58 Å². The lowest BCUT2D eigenvalue weighted by atomic mass is 9.93. The standard InChI is InChI=1S/C14H16O4/c1-4-6-9-12(15)11-10(7-18-14(11)16)8(5-2)13(9)17-3/h4,15H,1,5-7H2,2-3H3. The number of hydrogen-bond acceptors (Lipinski definition) is 4. The van der Waals surface area contributed by atoms with Gasteiger partial charge >= 0.3 is 5.97 Å². The molecule has 1 N–H and O–H groups in total. The summed E-state index contributed by atoms with van der Waals surface area (Å²) in [5, 5.41) is 10.2. The predicted molar refractivity (Wildman–Crippen MR) is 67.1 cm³/mol. The fourth-order valence-electron chi connectivity index (χ4n) is 2.41. The third-order valence-corrected chi connectivity index (χ3v) is 3.19. The molecule has 1 aromatic carbocycles. The van der Waals surface area contributed by atoms with Crippen LogP contribution >= 0.6 is 0 Å². The number of ether oxygens (including phenoxy) is 2. The van der Waals surface area contributed by atoms with Crippen molar-refractivity contribution in [2.75, 3.05) is 7.11 Å². The number of aromatic hydroxyl groups is 1. The number of phenols is 1. The van der Waals surface area contributed by atoms with Gasteiger partial charge in [0.1, 0.15) is 23.7 Å². The van der Waals surface area contributed by atoms with Crippen LogP contribution in [0.5, 0.6) is 11.5 Å². The Morgan fingerprint density at radius 2 is 2.22 bits per heavy atom. The minimum absolute atomic E-state index is 0.0403. The van der Waals surface area contributed by atoms with E-state index in [1.54, 1.807) is 13.2 Å². The second-order valence-corrected chi connectivity index (χ2v) is 4.12. The van der Waals surface area contributed by atoms with Crippen molar-refractivity contribution in [1.29, 1.82) is 0 Å². The van der Waals surface area contributed by atoms with Crippen LogP contribution < -0.4 is 4.74 Å². The number of cyclic esters (lactones) is 1. The SMILES string of the molecule is C=CCc1c(O)c2c(c(CC)c1OC)COC2=O. The zero-order valence-electron chi connectivity index (χ0n) is 10.6. The Bertz CT molecular complexity index is 517. The molecule has 1 aliphatic rings. The molecule has 2 rings (SSSR count). The van der Waals surface area contributed by atoms with Crippen molar-refractivity contribution < 1.29 is 19.4 Å². The third-order valence-electron chi connectivity index (χ3n) is 3.19. The molecule has 4 heteroatoms. The molecule has 0 atom stereocenters. The van der Waals surface area contributed by atoms with Crippen LogP contribution in [0.2, 0.25) is 0 Å². The van der Waals surface area contributed by atoms with Crippen molar-refractivity contribution >= 4 is 5.97 Å². The monoisotopic (exact) mass is 248 g/mol. The number of fused-ring (bicyclic) bond motifs is 1. The number of rotatable bonds is 4. The Hall–Kier alpha value is -1.97. The highest BCUT2D eigenvalue weighted by atomic mass is 16.5. The Kier molecular flexibility index (Phi) is 3.28. The summed E-state index contributed by atoms with van der Waals surface area (Å²) in [6.07, 6.45) is 2.83. The van der Waals surface area contributed by atoms with Gasteiger partial charge < -0.3 is 14.6 Å². The van der Waals surface area contributed by atoms with E-state index in [1.807, 2.05) is 6.92 Å². The van der Waals surface area contributed by atoms with Crippen molar-refractivity contribution in [3.63, 3.8) is 0 Å². The molecule has 0 aliphatic carbocycles. The Morgan fingerprint density at radius 1 is 1.50 bits per heavy atom. The minimum Gasteiger partial charge on any atom is -0.507 e. The summed E-state index contributed by atoms with van der Waals surface area (Å²) in [6.45, 7) is 5.84. The van der Waals surface area contributed by atoms with Crippen molar-refractivity contribution in [1.82, 2.24) is 0 Å². The quantitative estimate of drug-likeness (QED) is 0.656. The van der Waals surface area contributed by atoms with Gasteiger partial charge in [-0.05, 0) is 12.8 Å². The largest absolute Gasteiger partial charge is 0.507 e. The first-order valence-electron chi connectivity index (χ1n) is 5.87. The lowest BCUT2D eigenvalue weighted by molar-refractivity contribution is 0.0532. The van der Waals surface area contributed by atoms with E-state index in [1.165, 1.54) is 0 Å². The molecule has 0 saturated heterocycles. The first-order chi connectivity index (χ1) is 8.65. The van der Waals surface area contributed by atoms with E-state index < -0.39 is 5.97 Å². The van der Waals surface area contributed by atoms with Crippen LogP contribution in [0.15, 0.2) is 12.7 Å². The summed E-state index contributed by atoms with van der Waals surface area (Å²) < 4.78 is 10.4. The molecule has 96 valence electrons. The fourth-order valence-corrected chi connectivity index (χ4v) is 2.41. The lowest BCUT2D eigenvalue weighted by Crippen LogP contribution is -2.04. The van der Waals surface area contributed by atoms with Gasteiger partial charge in [-0.2, -0.15) is 0 Å². The molecule has 1 aliphatic heterocycles. The summed E-state index contributed by atoms with van der Waals surface area (Å²) in [4.78, 5) is 11.7. The van der Waals surface area contributed by atoms with Crippen LogP contribution in [0.25, 0.3) is 0 Å². The van der Waals surface area contributed by atoms with E-state index in [9.17, 15) is 9.90 Å². The van der Waals surface area contributed by atoms with Gasteiger partial charge in [0.2, 0.25) is 0 Å². The first-order valence-corrected chi connectivity index (χ1v) is 5.87. The van der Waals surface area contributed by atoms with E-state index in [4.69, 9.17) is 9.47 Å². The molecule has 0 saturated carbocycles. The predicted octanol–water partition coefficient (Wildman–Crippen LogP) is 2.36. The van der Waals surface area contributed by atoms with E-state index >= 15 is 0 Å². The minimum atomic E-state index is -0.467. The van der Waals surface area contributed by atoms with E-state index in [-0.39, 0.29) is 17.9 Å². The van der Waals surface area contributed by atoms with Crippen molar-refractivity contribution in [2.45, 2.75) is 26.4 Å².